The minimum atomic E-state index is -4.32. The lowest BCUT2D eigenvalue weighted by molar-refractivity contribution is -0.174. The van der Waals surface area contributed by atoms with Gasteiger partial charge in [-0.05, 0) is 6.07 Å². The van der Waals surface area contributed by atoms with Gasteiger partial charge in [-0.3, -0.25) is 0 Å². The maximum Gasteiger partial charge on any atom is 0.411 e. The maximum absolute atomic E-state index is 13.3. The zero-order valence-electron chi connectivity index (χ0n) is 10.2. The number of hydrogen-bond donors (Lipinski definition) is 1. The second kappa shape index (κ2) is 7.30. The second-order valence-electron chi connectivity index (χ2n) is 3.83. The van der Waals surface area contributed by atoms with Crippen LogP contribution >= 0.6 is 0 Å². The van der Waals surface area contributed by atoms with Crippen molar-refractivity contribution in [3.8, 4) is 5.75 Å². The van der Waals surface area contributed by atoms with Gasteiger partial charge in [0, 0.05) is 24.6 Å². The van der Waals surface area contributed by atoms with Crippen molar-refractivity contribution in [2.45, 2.75) is 19.1 Å². The zero-order valence-corrected chi connectivity index (χ0v) is 10.2. The highest BCUT2D eigenvalue weighted by Gasteiger charge is 2.27. The molecule has 108 valence electrons. The zero-order chi connectivity index (χ0) is 14.3. The van der Waals surface area contributed by atoms with Gasteiger partial charge in [0.15, 0.2) is 0 Å². The highest BCUT2D eigenvalue weighted by Crippen LogP contribution is 2.17. The van der Waals surface area contributed by atoms with Gasteiger partial charge in [0.25, 0.3) is 0 Å². The van der Waals surface area contributed by atoms with Crippen molar-refractivity contribution < 1.29 is 27.0 Å². The van der Waals surface area contributed by atoms with Crippen molar-refractivity contribution in [1.29, 1.82) is 0 Å². The van der Waals surface area contributed by atoms with Crippen LogP contribution in [-0.4, -0.2) is 26.0 Å². The van der Waals surface area contributed by atoms with Crippen LogP contribution in [-0.2, 0) is 11.3 Å². The monoisotopic (exact) mass is 281 g/mol. The maximum atomic E-state index is 13.3. The highest BCUT2D eigenvalue weighted by molar-refractivity contribution is 5.28. The van der Waals surface area contributed by atoms with Crippen LogP contribution in [0.2, 0.25) is 0 Å². The Morgan fingerprint density at radius 1 is 1.16 bits per heavy atom. The number of benzene rings is 1. The first-order valence-electron chi connectivity index (χ1n) is 5.68. The molecular weight excluding hydrogens is 266 g/mol. The van der Waals surface area contributed by atoms with Crippen molar-refractivity contribution >= 4 is 0 Å². The normalized spacial score (nSPS) is 11.6. The number of hydrogen-bond acceptors (Lipinski definition) is 3. The fraction of sp³-hybridized carbons (Fsp3) is 0.500. The summed E-state index contributed by atoms with van der Waals surface area (Å²) in [5, 5.41) is 0. The largest absolute Gasteiger partial charge is 0.493 e. The standard InChI is InChI=1S/C12H15F4NO2/c13-11-6-10(3-2-9(11)7-17)19-5-1-4-18-8-12(14,15)16/h2-3,6H,1,4-5,7-8,17H2. The molecule has 1 aromatic rings. The molecule has 1 aromatic carbocycles. The molecule has 0 amide bonds. The lowest BCUT2D eigenvalue weighted by Crippen LogP contribution is -2.18. The number of alkyl halides is 3. The average molecular weight is 281 g/mol. The van der Waals surface area contributed by atoms with E-state index in [1.54, 1.807) is 6.07 Å². The van der Waals surface area contributed by atoms with Gasteiger partial charge >= 0.3 is 6.18 Å². The van der Waals surface area contributed by atoms with Gasteiger partial charge in [-0.2, -0.15) is 13.2 Å². The third-order valence-electron chi connectivity index (χ3n) is 2.21. The Hall–Kier alpha value is -1.34. The molecule has 0 aromatic heterocycles. The molecule has 2 N–H and O–H groups in total. The van der Waals surface area contributed by atoms with Crippen LogP contribution in [0.4, 0.5) is 17.6 Å². The number of rotatable bonds is 7. The minimum absolute atomic E-state index is 0.0666. The fourth-order valence-electron chi connectivity index (χ4n) is 1.32. The predicted octanol–water partition coefficient (Wildman–Crippen LogP) is 2.63. The van der Waals surface area contributed by atoms with E-state index in [-0.39, 0.29) is 26.2 Å². The van der Waals surface area contributed by atoms with E-state index in [1.807, 2.05) is 0 Å². The summed E-state index contributed by atoms with van der Waals surface area (Å²) in [6, 6.07) is 4.26. The topological polar surface area (TPSA) is 44.5 Å². The molecule has 0 aliphatic carbocycles. The van der Waals surface area contributed by atoms with Crippen molar-refractivity contribution in [1.82, 2.24) is 0 Å². The van der Waals surface area contributed by atoms with Gasteiger partial charge in [0.2, 0.25) is 0 Å². The van der Waals surface area contributed by atoms with Crippen LogP contribution in [0.5, 0.6) is 5.75 Å². The van der Waals surface area contributed by atoms with E-state index >= 15 is 0 Å². The average Bonchev–Trinajstić information content (AvgIpc) is 2.32. The quantitative estimate of drug-likeness (QED) is 0.617. The summed E-state index contributed by atoms with van der Waals surface area (Å²) in [7, 11) is 0. The molecule has 1 rings (SSSR count). The molecular formula is C12H15F4NO2. The fourth-order valence-corrected chi connectivity index (χ4v) is 1.32. The molecule has 0 radical (unpaired) electrons. The van der Waals surface area contributed by atoms with E-state index in [1.165, 1.54) is 12.1 Å². The molecule has 0 saturated heterocycles. The van der Waals surface area contributed by atoms with Gasteiger partial charge in [-0.25, -0.2) is 4.39 Å². The molecule has 0 bridgehead atoms. The molecule has 0 fully saturated rings. The van der Waals surface area contributed by atoms with E-state index in [2.05, 4.69) is 4.74 Å². The van der Waals surface area contributed by atoms with Crippen molar-refractivity contribution in [2.24, 2.45) is 5.73 Å². The van der Waals surface area contributed by atoms with Gasteiger partial charge < -0.3 is 15.2 Å². The van der Waals surface area contributed by atoms with Crippen LogP contribution in [0.3, 0.4) is 0 Å². The first-order valence-corrected chi connectivity index (χ1v) is 5.68. The predicted molar refractivity (Wildman–Crippen MR) is 61.3 cm³/mol. The van der Waals surface area contributed by atoms with Crippen LogP contribution in [0.1, 0.15) is 12.0 Å². The van der Waals surface area contributed by atoms with Crippen LogP contribution in [0.15, 0.2) is 18.2 Å². The Morgan fingerprint density at radius 2 is 1.89 bits per heavy atom. The molecule has 3 nitrogen and oxygen atoms in total. The SMILES string of the molecule is NCc1ccc(OCCCOCC(F)(F)F)cc1F. The summed E-state index contributed by atoms with van der Waals surface area (Å²) in [5.74, 6) is -0.154. The summed E-state index contributed by atoms with van der Waals surface area (Å²) in [5.41, 5.74) is 5.68. The lowest BCUT2D eigenvalue weighted by atomic mass is 10.2. The molecule has 0 unspecified atom stereocenters. The minimum Gasteiger partial charge on any atom is -0.493 e. The molecule has 0 aliphatic rings. The summed E-state index contributed by atoms with van der Waals surface area (Å²) < 4.78 is 58.1. The second-order valence-corrected chi connectivity index (χ2v) is 3.83. The molecule has 19 heavy (non-hydrogen) atoms. The summed E-state index contributed by atoms with van der Waals surface area (Å²) in [6.07, 6.45) is -4.03. The van der Waals surface area contributed by atoms with E-state index in [4.69, 9.17) is 10.5 Å². The lowest BCUT2D eigenvalue weighted by Gasteiger charge is -2.09. The third-order valence-corrected chi connectivity index (χ3v) is 2.21. The van der Waals surface area contributed by atoms with Crippen LogP contribution < -0.4 is 10.5 Å². The van der Waals surface area contributed by atoms with E-state index < -0.39 is 18.6 Å². The molecule has 0 atom stereocenters. The van der Waals surface area contributed by atoms with Crippen molar-refractivity contribution in [2.75, 3.05) is 19.8 Å². The first-order chi connectivity index (χ1) is 8.92. The number of ether oxygens (including phenoxy) is 2. The first kappa shape index (κ1) is 15.7. The Balaban J connectivity index is 2.21. The van der Waals surface area contributed by atoms with Crippen LogP contribution in [0, 0.1) is 5.82 Å². The number of halogens is 4. The number of nitrogens with two attached hydrogens (primary N) is 1. The van der Waals surface area contributed by atoms with Crippen molar-refractivity contribution in [3.05, 3.63) is 29.6 Å². The van der Waals surface area contributed by atoms with Crippen molar-refractivity contribution in [3.63, 3.8) is 0 Å². The molecule has 0 heterocycles. The van der Waals surface area contributed by atoms with Gasteiger partial charge in [-0.1, -0.05) is 6.07 Å². The van der Waals surface area contributed by atoms with E-state index in [0.717, 1.165) is 0 Å². The molecule has 0 saturated carbocycles. The van der Waals surface area contributed by atoms with Crippen LogP contribution in [0.25, 0.3) is 0 Å². The van der Waals surface area contributed by atoms with E-state index in [9.17, 15) is 17.6 Å². The molecule has 0 spiro atoms. The third kappa shape index (κ3) is 6.40. The van der Waals surface area contributed by atoms with E-state index in [0.29, 0.717) is 11.3 Å². The summed E-state index contributed by atoms with van der Waals surface area (Å²) in [4.78, 5) is 0. The summed E-state index contributed by atoms with van der Waals surface area (Å²) in [6.45, 7) is -1.09. The van der Waals surface area contributed by atoms with Gasteiger partial charge in [0.1, 0.15) is 18.2 Å². The molecule has 7 heteroatoms. The smallest absolute Gasteiger partial charge is 0.411 e. The Kier molecular flexibility index (Phi) is 6.04. The Bertz CT molecular complexity index is 396. The Morgan fingerprint density at radius 3 is 2.47 bits per heavy atom. The highest BCUT2D eigenvalue weighted by atomic mass is 19.4. The van der Waals surface area contributed by atoms with Gasteiger partial charge in [-0.15, -0.1) is 0 Å². The Labute approximate surface area is 108 Å². The summed E-state index contributed by atoms with van der Waals surface area (Å²) >= 11 is 0. The molecule has 0 aliphatic heterocycles. The van der Waals surface area contributed by atoms with Gasteiger partial charge in [0.05, 0.1) is 13.2 Å².